The topological polar surface area (TPSA) is 90.5 Å². The molecule has 2 aromatic carbocycles. The van der Waals surface area contributed by atoms with Crippen LogP contribution in [0.5, 0.6) is 0 Å². The van der Waals surface area contributed by atoms with Crippen LogP contribution in [0.2, 0.25) is 0 Å². The lowest BCUT2D eigenvalue weighted by atomic mass is 10.1. The second kappa shape index (κ2) is 8.69. The van der Waals surface area contributed by atoms with Crippen LogP contribution in [0, 0.1) is 0 Å². The van der Waals surface area contributed by atoms with Crippen LogP contribution in [0.15, 0.2) is 48.5 Å². The van der Waals surface area contributed by atoms with Gasteiger partial charge in [0.1, 0.15) is 0 Å². The maximum absolute atomic E-state index is 11.9. The summed E-state index contributed by atoms with van der Waals surface area (Å²) >= 11 is 0. The Morgan fingerprint density at radius 2 is 1.50 bits per heavy atom. The highest BCUT2D eigenvalue weighted by Gasteiger charge is 2.05. The number of anilines is 2. The van der Waals surface area contributed by atoms with Crippen molar-refractivity contribution in [2.45, 2.75) is 26.5 Å². The van der Waals surface area contributed by atoms with Crippen molar-refractivity contribution in [1.29, 1.82) is 0 Å². The third kappa shape index (κ3) is 5.10. The summed E-state index contributed by atoms with van der Waals surface area (Å²) in [6, 6.07) is 13.9. The van der Waals surface area contributed by atoms with Crippen LogP contribution in [0.4, 0.5) is 16.2 Å². The minimum atomic E-state index is -0.340. The van der Waals surface area contributed by atoms with Gasteiger partial charge in [0.2, 0.25) is 5.91 Å². The molecule has 6 heteroatoms. The van der Waals surface area contributed by atoms with Gasteiger partial charge in [-0.05, 0) is 35.4 Å². The average molecular weight is 327 g/mol. The molecule has 0 atom stereocenters. The molecule has 0 saturated carbocycles. The number of aliphatic hydroxyl groups excluding tert-OH is 1. The van der Waals surface area contributed by atoms with Crippen molar-refractivity contribution in [2.75, 3.05) is 10.6 Å². The number of urea groups is 1. The third-order valence-corrected chi connectivity index (χ3v) is 3.48. The molecule has 2 rings (SSSR count). The van der Waals surface area contributed by atoms with Crippen molar-refractivity contribution in [2.24, 2.45) is 0 Å². The van der Waals surface area contributed by atoms with Gasteiger partial charge in [0.05, 0.1) is 6.61 Å². The summed E-state index contributed by atoms with van der Waals surface area (Å²) in [7, 11) is 0. The molecule has 0 saturated heterocycles. The Labute approximate surface area is 140 Å². The quantitative estimate of drug-likeness (QED) is 0.657. The van der Waals surface area contributed by atoms with Gasteiger partial charge in [-0.1, -0.05) is 31.2 Å². The van der Waals surface area contributed by atoms with Gasteiger partial charge in [0.25, 0.3) is 0 Å². The van der Waals surface area contributed by atoms with E-state index in [4.69, 9.17) is 0 Å². The summed E-state index contributed by atoms with van der Waals surface area (Å²) in [6.07, 6.45) is 0.414. The number of aliphatic hydroxyl groups is 1. The molecular formula is C18H21N3O3. The van der Waals surface area contributed by atoms with Crippen molar-refractivity contribution >= 4 is 23.3 Å². The molecule has 0 unspecified atom stereocenters. The number of hydrogen-bond donors (Lipinski definition) is 4. The van der Waals surface area contributed by atoms with Crippen molar-refractivity contribution in [3.63, 3.8) is 0 Å². The van der Waals surface area contributed by atoms with Gasteiger partial charge < -0.3 is 21.1 Å². The van der Waals surface area contributed by atoms with Crippen molar-refractivity contribution < 1.29 is 14.7 Å². The van der Waals surface area contributed by atoms with Crippen LogP contribution in [-0.4, -0.2) is 17.0 Å². The maximum atomic E-state index is 11.9. The zero-order chi connectivity index (χ0) is 17.4. The Balaban J connectivity index is 1.87. The predicted molar refractivity (Wildman–Crippen MR) is 93.6 cm³/mol. The number of benzene rings is 2. The van der Waals surface area contributed by atoms with Gasteiger partial charge >= 0.3 is 6.03 Å². The Bertz CT molecular complexity index is 699. The number of carbonyl (C=O) groups excluding carboxylic acids is 2. The molecule has 0 aliphatic rings. The maximum Gasteiger partial charge on any atom is 0.319 e. The number of rotatable bonds is 6. The van der Waals surface area contributed by atoms with Gasteiger partial charge in [0, 0.05) is 24.3 Å². The highest BCUT2D eigenvalue weighted by molar-refractivity contribution is 5.92. The molecule has 0 spiro atoms. The molecule has 0 aliphatic heterocycles. The summed E-state index contributed by atoms with van der Waals surface area (Å²) in [5.41, 5.74) is 2.96. The van der Waals surface area contributed by atoms with Crippen LogP contribution in [0.1, 0.15) is 24.5 Å². The van der Waals surface area contributed by atoms with E-state index in [2.05, 4.69) is 16.0 Å². The van der Waals surface area contributed by atoms with E-state index in [0.717, 1.165) is 11.1 Å². The van der Waals surface area contributed by atoms with Crippen molar-refractivity contribution in [1.82, 2.24) is 5.32 Å². The fourth-order valence-corrected chi connectivity index (χ4v) is 2.12. The van der Waals surface area contributed by atoms with Gasteiger partial charge in [-0.2, -0.15) is 0 Å². The molecule has 24 heavy (non-hydrogen) atoms. The first-order valence-electron chi connectivity index (χ1n) is 7.74. The molecule has 2 aromatic rings. The van der Waals surface area contributed by atoms with E-state index in [0.29, 0.717) is 24.3 Å². The van der Waals surface area contributed by atoms with E-state index in [1.54, 1.807) is 31.2 Å². The second-order valence-corrected chi connectivity index (χ2v) is 5.21. The Kier molecular flexibility index (Phi) is 6.33. The minimum Gasteiger partial charge on any atom is -0.392 e. The first kappa shape index (κ1) is 17.5. The van der Waals surface area contributed by atoms with Crippen LogP contribution in [0.3, 0.4) is 0 Å². The second-order valence-electron chi connectivity index (χ2n) is 5.21. The van der Waals surface area contributed by atoms with Crippen molar-refractivity contribution in [3.8, 4) is 0 Å². The highest BCUT2D eigenvalue weighted by Crippen LogP contribution is 2.14. The molecule has 0 heterocycles. The summed E-state index contributed by atoms with van der Waals surface area (Å²) < 4.78 is 0. The molecule has 0 aromatic heterocycles. The molecule has 6 nitrogen and oxygen atoms in total. The van der Waals surface area contributed by atoms with E-state index < -0.39 is 0 Å². The van der Waals surface area contributed by atoms with E-state index in [1.807, 2.05) is 24.3 Å². The number of hydrogen-bond acceptors (Lipinski definition) is 3. The zero-order valence-electron chi connectivity index (χ0n) is 13.5. The van der Waals surface area contributed by atoms with Crippen LogP contribution in [0.25, 0.3) is 0 Å². The van der Waals surface area contributed by atoms with Gasteiger partial charge in [-0.3, -0.25) is 4.79 Å². The number of nitrogens with one attached hydrogen (secondary N) is 3. The molecular weight excluding hydrogens is 306 g/mol. The lowest BCUT2D eigenvalue weighted by Gasteiger charge is -2.11. The summed E-state index contributed by atoms with van der Waals surface area (Å²) in [5.74, 6) is -0.0593. The predicted octanol–water partition coefficient (Wildman–Crippen LogP) is 2.85. The largest absolute Gasteiger partial charge is 0.392 e. The lowest BCUT2D eigenvalue weighted by molar-refractivity contribution is -0.115. The van der Waals surface area contributed by atoms with Crippen LogP contribution < -0.4 is 16.0 Å². The van der Waals surface area contributed by atoms with Gasteiger partial charge in [-0.25, -0.2) is 4.79 Å². The standard InChI is InChI=1S/C18H21N3O3/c1-2-17(23)20-15-7-9-16(10-8-15)21-18(24)19-11-13-5-3-4-6-14(13)12-22/h3-10,22H,2,11-12H2,1H3,(H,20,23)(H2,19,21,24). The van der Waals surface area contributed by atoms with E-state index in [1.165, 1.54) is 0 Å². The van der Waals surface area contributed by atoms with E-state index in [9.17, 15) is 14.7 Å². The van der Waals surface area contributed by atoms with E-state index in [-0.39, 0.29) is 18.5 Å². The summed E-state index contributed by atoms with van der Waals surface area (Å²) in [6.45, 7) is 2.04. The summed E-state index contributed by atoms with van der Waals surface area (Å²) in [4.78, 5) is 23.2. The fraction of sp³-hybridized carbons (Fsp3) is 0.222. The first-order chi connectivity index (χ1) is 11.6. The Morgan fingerprint density at radius 1 is 0.917 bits per heavy atom. The zero-order valence-corrected chi connectivity index (χ0v) is 13.5. The molecule has 0 radical (unpaired) electrons. The van der Waals surface area contributed by atoms with Crippen molar-refractivity contribution in [3.05, 3.63) is 59.7 Å². The van der Waals surface area contributed by atoms with Crippen LogP contribution >= 0.6 is 0 Å². The van der Waals surface area contributed by atoms with Gasteiger partial charge in [-0.15, -0.1) is 0 Å². The van der Waals surface area contributed by atoms with Crippen LogP contribution in [-0.2, 0) is 17.9 Å². The number of carbonyl (C=O) groups is 2. The van der Waals surface area contributed by atoms with Gasteiger partial charge in [0.15, 0.2) is 0 Å². The first-order valence-corrected chi connectivity index (χ1v) is 7.74. The molecule has 0 aliphatic carbocycles. The molecule has 126 valence electrons. The normalized spacial score (nSPS) is 10.1. The average Bonchev–Trinajstić information content (AvgIpc) is 2.61. The summed E-state index contributed by atoms with van der Waals surface area (Å²) in [5, 5.41) is 17.5. The minimum absolute atomic E-state index is 0.0593. The Morgan fingerprint density at radius 3 is 2.08 bits per heavy atom. The highest BCUT2D eigenvalue weighted by atomic mass is 16.3. The number of amides is 3. The molecule has 0 bridgehead atoms. The SMILES string of the molecule is CCC(=O)Nc1ccc(NC(=O)NCc2ccccc2CO)cc1. The molecule has 0 fully saturated rings. The lowest BCUT2D eigenvalue weighted by Crippen LogP contribution is -2.28. The monoisotopic (exact) mass is 327 g/mol. The van der Waals surface area contributed by atoms with E-state index >= 15 is 0 Å². The molecule has 4 N–H and O–H groups in total. The third-order valence-electron chi connectivity index (χ3n) is 3.48. The fourth-order valence-electron chi connectivity index (χ4n) is 2.12. The smallest absolute Gasteiger partial charge is 0.319 e. The Hall–Kier alpha value is -2.86. The molecule has 3 amide bonds.